The zero-order valence-corrected chi connectivity index (χ0v) is 9.89. The molecule has 0 saturated carbocycles. The molecular formula is C11H18F2O3. The molecule has 0 amide bonds. The highest BCUT2D eigenvalue weighted by molar-refractivity contribution is 5.78. The molecule has 0 aromatic heterocycles. The summed E-state index contributed by atoms with van der Waals surface area (Å²) >= 11 is 0. The summed E-state index contributed by atoms with van der Waals surface area (Å²) in [5, 5.41) is 0. The molecule has 1 aliphatic rings. The molecule has 94 valence electrons. The normalized spacial score (nSPS) is 29.1. The lowest BCUT2D eigenvalue weighted by Crippen LogP contribution is -2.55. The third kappa shape index (κ3) is 2.19. The molecule has 5 heteroatoms. The molecule has 0 aromatic rings. The Balaban J connectivity index is 3.05. The van der Waals surface area contributed by atoms with E-state index in [2.05, 4.69) is 4.74 Å². The molecule has 1 atom stereocenters. The van der Waals surface area contributed by atoms with Gasteiger partial charge in [-0.1, -0.05) is 13.8 Å². The lowest BCUT2D eigenvalue weighted by molar-refractivity contribution is -0.224. The summed E-state index contributed by atoms with van der Waals surface area (Å²) in [4.78, 5) is 11.7. The van der Waals surface area contributed by atoms with Gasteiger partial charge in [0, 0.05) is 6.61 Å². The van der Waals surface area contributed by atoms with Crippen molar-refractivity contribution in [3.63, 3.8) is 0 Å². The van der Waals surface area contributed by atoms with E-state index in [9.17, 15) is 13.6 Å². The van der Waals surface area contributed by atoms with Crippen molar-refractivity contribution in [2.75, 3.05) is 20.3 Å². The number of esters is 1. The summed E-state index contributed by atoms with van der Waals surface area (Å²) in [6, 6.07) is 0. The third-order valence-corrected chi connectivity index (χ3v) is 2.99. The molecule has 3 nitrogen and oxygen atoms in total. The second kappa shape index (κ2) is 4.65. The predicted molar refractivity (Wildman–Crippen MR) is 54.3 cm³/mol. The number of methoxy groups -OCH3 is 1. The van der Waals surface area contributed by atoms with Gasteiger partial charge in [0.1, 0.15) is 12.0 Å². The summed E-state index contributed by atoms with van der Waals surface area (Å²) < 4.78 is 37.1. The molecular weight excluding hydrogens is 218 g/mol. The van der Waals surface area contributed by atoms with Gasteiger partial charge in [0.05, 0.1) is 7.11 Å². The van der Waals surface area contributed by atoms with Crippen LogP contribution in [0.3, 0.4) is 0 Å². The van der Waals surface area contributed by atoms with Crippen molar-refractivity contribution in [3.8, 4) is 0 Å². The lowest BCUT2D eigenvalue weighted by Gasteiger charge is -2.41. The van der Waals surface area contributed by atoms with Crippen LogP contribution in [0.25, 0.3) is 0 Å². The van der Waals surface area contributed by atoms with E-state index in [1.165, 1.54) is 0 Å². The molecule has 1 heterocycles. The van der Waals surface area contributed by atoms with Crippen LogP contribution in [0.4, 0.5) is 8.78 Å². The Morgan fingerprint density at radius 1 is 1.50 bits per heavy atom. The van der Waals surface area contributed by atoms with Gasteiger partial charge < -0.3 is 9.47 Å². The van der Waals surface area contributed by atoms with Crippen molar-refractivity contribution in [1.29, 1.82) is 0 Å². The summed E-state index contributed by atoms with van der Waals surface area (Å²) in [7, 11) is 1.15. The van der Waals surface area contributed by atoms with Crippen LogP contribution in [0.5, 0.6) is 0 Å². The molecule has 1 fully saturated rings. The summed E-state index contributed by atoms with van der Waals surface area (Å²) in [5.41, 5.74) is -1.71. The second-order valence-electron chi connectivity index (χ2n) is 4.68. The van der Waals surface area contributed by atoms with E-state index in [4.69, 9.17) is 4.74 Å². The number of carbonyl (C=O) groups excluding carboxylic acids is 1. The van der Waals surface area contributed by atoms with E-state index in [-0.39, 0.29) is 25.4 Å². The topological polar surface area (TPSA) is 35.5 Å². The Hall–Kier alpha value is -0.710. The van der Waals surface area contributed by atoms with Crippen LogP contribution in [0.1, 0.15) is 26.7 Å². The van der Waals surface area contributed by atoms with Crippen molar-refractivity contribution >= 4 is 5.97 Å². The van der Waals surface area contributed by atoms with Gasteiger partial charge in [-0.25, -0.2) is 8.78 Å². The third-order valence-electron chi connectivity index (χ3n) is 2.99. The molecule has 1 aliphatic heterocycles. The van der Waals surface area contributed by atoms with Crippen LogP contribution in [0, 0.1) is 11.3 Å². The quantitative estimate of drug-likeness (QED) is 0.705. The number of ether oxygens (including phenoxy) is 2. The molecule has 1 rings (SSSR count). The highest BCUT2D eigenvalue weighted by Crippen LogP contribution is 2.48. The Morgan fingerprint density at radius 3 is 2.56 bits per heavy atom. The minimum absolute atomic E-state index is 0.00285. The monoisotopic (exact) mass is 236 g/mol. The van der Waals surface area contributed by atoms with Crippen molar-refractivity contribution in [2.24, 2.45) is 11.3 Å². The van der Waals surface area contributed by atoms with Crippen molar-refractivity contribution < 1.29 is 23.0 Å². The van der Waals surface area contributed by atoms with Gasteiger partial charge in [-0.05, 0) is 18.8 Å². The molecule has 0 radical (unpaired) electrons. The summed E-state index contributed by atoms with van der Waals surface area (Å²) in [6.07, 6.45) is 0.140. The maximum absolute atomic E-state index is 13.9. The Kier molecular flexibility index (Phi) is 3.88. The molecule has 0 N–H and O–H groups in total. The molecule has 0 spiro atoms. The number of hydrogen-bond donors (Lipinski definition) is 0. The first-order valence-corrected chi connectivity index (χ1v) is 5.40. The fourth-order valence-electron chi connectivity index (χ4n) is 2.25. The molecule has 0 bridgehead atoms. The molecule has 0 aliphatic carbocycles. The minimum atomic E-state index is -3.15. The second-order valence-corrected chi connectivity index (χ2v) is 4.68. The standard InChI is InChI=1S/C11H18F2O3/c1-8(2)6-10(9(14)15-3)4-5-16-7-11(10,12)13/h8H,4-7H2,1-3H3. The van der Waals surface area contributed by atoms with Gasteiger partial charge in [0.25, 0.3) is 5.92 Å². The van der Waals surface area contributed by atoms with Crippen molar-refractivity contribution in [1.82, 2.24) is 0 Å². The number of carbonyl (C=O) groups is 1. The van der Waals surface area contributed by atoms with Crippen molar-refractivity contribution in [3.05, 3.63) is 0 Å². The minimum Gasteiger partial charge on any atom is -0.468 e. The van der Waals surface area contributed by atoms with Crippen LogP contribution in [-0.2, 0) is 14.3 Å². The van der Waals surface area contributed by atoms with Gasteiger partial charge in [-0.2, -0.15) is 0 Å². The zero-order chi connectivity index (χ0) is 12.4. The largest absolute Gasteiger partial charge is 0.468 e. The van der Waals surface area contributed by atoms with Gasteiger partial charge in [-0.3, -0.25) is 4.79 Å². The van der Waals surface area contributed by atoms with E-state index in [0.29, 0.717) is 0 Å². The highest BCUT2D eigenvalue weighted by Gasteiger charge is 2.61. The van der Waals surface area contributed by atoms with Gasteiger partial charge in [0.15, 0.2) is 0 Å². The van der Waals surface area contributed by atoms with Gasteiger partial charge >= 0.3 is 5.97 Å². The van der Waals surface area contributed by atoms with E-state index >= 15 is 0 Å². The van der Waals surface area contributed by atoms with Crippen LogP contribution >= 0.6 is 0 Å². The smallest absolute Gasteiger partial charge is 0.318 e. The number of halogens is 2. The number of hydrogen-bond acceptors (Lipinski definition) is 3. The van der Waals surface area contributed by atoms with Crippen LogP contribution in [0.2, 0.25) is 0 Å². The molecule has 0 aromatic carbocycles. The Bertz CT molecular complexity index is 266. The highest BCUT2D eigenvalue weighted by atomic mass is 19.3. The molecule has 1 unspecified atom stereocenters. The van der Waals surface area contributed by atoms with Crippen LogP contribution in [-0.4, -0.2) is 32.2 Å². The maximum atomic E-state index is 13.9. The Morgan fingerprint density at radius 2 is 2.12 bits per heavy atom. The average molecular weight is 236 g/mol. The summed E-state index contributed by atoms with van der Waals surface area (Å²) in [5.74, 6) is -3.97. The van der Waals surface area contributed by atoms with Crippen molar-refractivity contribution in [2.45, 2.75) is 32.6 Å². The summed E-state index contributed by atoms with van der Waals surface area (Å²) in [6.45, 7) is 3.11. The zero-order valence-electron chi connectivity index (χ0n) is 9.89. The van der Waals surface area contributed by atoms with E-state index in [0.717, 1.165) is 7.11 Å². The molecule has 16 heavy (non-hydrogen) atoms. The van der Waals surface area contributed by atoms with Gasteiger partial charge in [-0.15, -0.1) is 0 Å². The van der Waals surface area contributed by atoms with Crippen LogP contribution in [0.15, 0.2) is 0 Å². The number of rotatable bonds is 3. The first-order valence-electron chi connectivity index (χ1n) is 5.40. The SMILES string of the molecule is COC(=O)C1(CC(C)C)CCOCC1(F)F. The first-order chi connectivity index (χ1) is 7.35. The van der Waals surface area contributed by atoms with Crippen LogP contribution < -0.4 is 0 Å². The Labute approximate surface area is 94.1 Å². The van der Waals surface area contributed by atoms with E-state index in [1.54, 1.807) is 0 Å². The first kappa shape index (κ1) is 13.4. The van der Waals surface area contributed by atoms with E-state index < -0.39 is 23.9 Å². The maximum Gasteiger partial charge on any atom is 0.318 e. The lowest BCUT2D eigenvalue weighted by atomic mass is 9.71. The number of alkyl halides is 2. The predicted octanol–water partition coefficient (Wildman–Crippen LogP) is 2.25. The fraction of sp³-hybridized carbons (Fsp3) is 0.909. The van der Waals surface area contributed by atoms with E-state index in [1.807, 2.05) is 13.8 Å². The average Bonchev–Trinajstić information content (AvgIpc) is 2.19. The molecule has 1 saturated heterocycles. The fourth-order valence-corrected chi connectivity index (χ4v) is 2.25. The van der Waals surface area contributed by atoms with Gasteiger partial charge in [0.2, 0.25) is 0 Å².